The van der Waals surface area contributed by atoms with Crippen LogP contribution in [0.3, 0.4) is 0 Å². The van der Waals surface area contributed by atoms with Crippen LogP contribution in [-0.4, -0.2) is 248 Å². The second kappa shape index (κ2) is 48.7. The van der Waals surface area contributed by atoms with E-state index >= 15 is 0 Å². The number of carboxylic acid groups (broad SMARTS) is 4. The minimum Gasteiger partial charge on any atom is -0.481 e. The van der Waals surface area contributed by atoms with Crippen LogP contribution >= 0.6 is 0 Å². The molecule has 15 amide bonds. The number of nitrogens with one attached hydrogen (secondary N) is 14. The van der Waals surface area contributed by atoms with E-state index in [0.29, 0.717) is 35.2 Å². The summed E-state index contributed by atoms with van der Waals surface area (Å²) in [5.74, 6) is -28.8. The maximum atomic E-state index is 14.7. The number of aromatic amines is 1. The fourth-order valence-corrected chi connectivity index (χ4v) is 11.4. The molecule has 43 heteroatoms. The van der Waals surface area contributed by atoms with E-state index in [-0.39, 0.29) is 32.2 Å². The van der Waals surface area contributed by atoms with E-state index in [0.717, 1.165) is 39.0 Å². The molecule has 1 aromatic carbocycles. The number of primary amides is 2. The highest BCUT2D eigenvalue weighted by molar-refractivity contribution is 6.02. The number of hydrogen-bond acceptors (Lipinski definition) is 23. The summed E-state index contributed by atoms with van der Waals surface area (Å²) in [6, 6.07) is -15.5. The van der Waals surface area contributed by atoms with E-state index in [1.54, 1.807) is 30.5 Å². The summed E-state index contributed by atoms with van der Waals surface area (Å²) in [7, 11) is 0. The van der Waals surface area contributed by atoms with Gasteiger partial charge in [0, 0.05) is 36.4 Å². The molecule has 0 aliphatic carbocycles. The zero-order valence-corrected chi connectivity index (χ0v) is 63.3. The monoisotopic (exact) mass is 1600 g/mol. The van der Waals surface area contributed by atoms with Crippen molar-refractivity contribution >= 4 is 129 Å². The van der Waals surface area contributed by atoms with Crippen molar-refractivity contribution in [3.63, 3.8) is 0 Å². The Morgan fingerprint density at radius 1 is 0.531 bits per heavy atom. The van der Waals surface area contributed by atoms with Crippen LogP contribution in [-0.2, 0) is 107 Å². The van der Waals surface area contributed by atoms with Crippen molar-refractivity contribution < 1.29 is 126 Å². The molecule has 3 rings (SSSR count). The molecule has 1 saturated heterocycles. The number of cyclic esters (lactones) is 1. The van der Waals surface area contributed by atoms with E-state index in [9.17, 15) is 121 Å². The van der Waals surface area contributed by atoms with Crippen LogP contribution in [0, 0.1) is 11.8 Å². The third kappa shape index (κ3) is 34.9. The average Bonchev–Trinajstić information content (AvgIpc) is 1.69. The van der Waals surface area contributed by atoms with Crippen molar-refractivity contribution in [2.24, 2.45) is 29.0 Å². The fraction of sp³-hybridized carbons (Fsp3) is 0.600. The largest absolute Gasteiger partial charge is 0.481 e. The van der Waals surface area contributed by atoms with Gasteiger partial charge in [0.1, 0.15) is 72.6 Å². The average molecular weight is 1600 g/mol. The minimum absolute atomic E-state index is 0.00541. The van der Waals surface area contributed by atoms with Gasteiger partial charge in [-0.1, -0.05) is 90.8 Å². The Kier molecular flexibility index (Phi) is 41.0. The van der Waals surface area contributed by atoms with Crippen molar-refractivity contribution in [1.29, 1.82) is 0 Å². The predicted octanol–water partition coefficient (Wildman–Crippen LogP) is -6.19. The number of para-hydroxylation sites is 1. The number of fused-ring (bicyclic) bond motifs is 1. The molecule has 626 valence electrons. The summed E-state index contributed by atoms with van der Waals surface area (Å²) in [6.07, 6.45) is -2.84. The molecule has 0 radical (unpaired) electrons. The number of aliphatic carboxylic acids is 4. The van der Waals surface area contributed by atoms with Gasteiger partial charge in [-0.05, 0) is 62.6 Å². The molecule has 2 aromatic rings. The van der Waals surface area contributed by atoms with Gasteiger partial charge in [0.15, 0.2) is 0 Å². The number of hydrogen-bond donors (Lipinski definition) is 22. The number of aliphatic hydroxyl groups is 1. The smallest absolute Gasteiger partial charge is 0.329 e. The van der Waals surface area contributed by atoms with Crippen LogP contribution < -0.4 is 86.3 Å². The Bertz CT molecular complexity index is 3740. The van der Waals surface area contributed by atoms with Crippen LogP contribution in [0.15, 0.2) is 30.5 Å². The second-order valence-corrected chi connectivity index (χ2v) is 27.5. The van der Waals surface area contributed by atoms with Crippen molar-refractivity contribution in [3.8, 4) is 0 Å². The number of aromatic nitrogens is 1. The lowest BCUT2D eigenvalue weighted by Crippen LogP contribution is -2.62. The molecule has 13 unspecified atom stereocenters. The molecule has 43 nitrogen and oxygen atoms in total. The summed E-state index contributed by atoms with van der Waals surface area (Å²) in [5.41, 5.74) is 17.8. The third-order valence-electron chi connectivity index (χ3n) is 17.7. The maximum absolute atomic E-state index is 14.7. The van der Waals surface area contributed by atoms with Crippen LogP contribution in [0.1, 0.15) is 156 Å². The molecule has 13 atom stereocenters. The van der Waals surface area contributed by atoms with Crippen molar-refractivity contribution in [3.05, 3.63) is 36.0 Å². The topological polar surface area (TPSA) is 702 Å². The van der Waals surface area contributed by atoms with E-state index in [2.05, 4.69) is 66.7 Å². The van der Waals surface area contributed by atoms with Gasteiger partial charge >= 0.3 is 29.8 Å². The van der Waals surface area contributed by atoms with Gasteiger partial charge in [-0.15, -0.1) is 0 Å². The van der Waals surface area contributed by atoms with E-state index in [4.69, 9.17) is 21.9 Å². The SMILES string of the molecule is CCC(C)C1NC(=O)C(CCC(=O)O)NC(=O)C(CO)NC(=O)CNC(=O)C(CC(=O)O)NC(=O)C(CC(N)=O)NC(=O)C(CC(=O)O)NC(=O)C(CCCN)NC(=O)CNC(=O)C(NC(=O)C(CC(=O)O)NC(=O)C(CC(N)=O)NC(=O)C(Cc2c[nH]c3ccccc23)NC(=O)CCCCCCCCC(C)C)C(C)OC1=O. The highest BCUT2D eigenvalue weighted by Gasteiger charge is 2.41. The maximum Gasteiger partial charge on any atom is 0.329 e. The van der Waals surface area contributed by atoms with Crippen LogP contribution in [0.25, 0.3) is 10.9 Å². The van der Waals surface area contributed by atoms with Crippen LogP contribution in [0.5, 0.6) is 0 Å². The van der Waals surface area contributed by atoms with Gasteiger partial charge in [0.2, 0.25) is 88.6 Å². The first-order valence-corrected chi connectivity index (χ1v) is 36.6. The van der Waals surface area contributed by atoms with E-state index < -0.39 is 268 Å². The Hall–Kier alpha value is -11.9. The summed E-state index contributed by atoms with van der Waals surface area (Å²) in [6.45, 7) is 4.24. The van der Waals surface area contributed by atoms with Gasteiger partial charge in [-0.25, -0.2) is 4.79 Å². The number of carboxylic acids is 4. The Labute approximate surface area is 647 Å². The zero-order chi connectivity index (χ0) is 84.8. The number of unbranched alkanes of at least 4 members (excludes halogenated alkanes) is 5. The molecule has 2 heterocycles. The number of benzene rings is 1. The molecule has 25 N–H and O–H groups in total. The first-order chi connectivity index (χ1) is 53.3. The molecule has 1 aliphatic rings. The summed E-state index contributed by atoms with van der Waals surface area (Å²) in [4.78, 5) is 273. The molecule has 0 bridgehead atoms. The molecular weight excluding hydrogens is 1490 g/mol. The number of nitrogens with two attached hydrogens (primary N) is 3. The van der Waals surface area contributed by atoms with Gasteiger partial charge in [0.05, 0.1) is 51.8 Å². The quantitative estimate of drug-likeness (QED) is 0.0221. The Balaban J connectivity index is 2.20. The molecule has 1 fully saturated rings. The van der Waals surface area contributed by atoms with Gasteiger partial charge in [-0.3, -0.25) is 91.1 Å². The fourth-order valence-electron chi connectivity index (χ4n) is 11.4. The summed E-state index contributed by atoms with van der Waals surface area (Å²) in [5, 5.41) is 78.3. The molecule has 0 spiro atoms. The minimum atomic E-state index is -2.34. The number of rotatable bonds is 37. The molecular formula is C70H105N17O26. The van der Waals surface area contributed by atoms with Crippen molar-refractivity contribution in [2.45, 2.75) is 229 Å². The molecule has 1 aromatic heterocycles. The first kappa shape index (κ1) is 95.3. The Morgan fingerprint density at radius 2 is 1.04 bits per heavy atom. The molecule has 0 saturated carbocycles. The number of amides is 15. The number of H-pyrrole nitrogens is 1. The normalized spacial score (nSPS) is 21.4. The number of carbonyl (C=O) groups is 20. The molecule has 1 aliphatic heterocycles. The molecule has 113 heavy (non-hydrogen) atoms. The third-order valence-corrected chi connectivity index (χ3v) is 17.7. The lowest BCUT2D eigenvalue weighted by atomic mass is 9.98. The number of carbonyl (C=O) groups excluding carboxylic acids is 16. The van der Waals surface area contributed by atoms with Crippen LogP contribution in [0.4, 0.5) is 0 Å². The number of aliphatic hydroxyl groups excluding tert-OH is 1. The highest BCUT2D eigenvalue weighted by Crippen LogP contribution is 2.21. The standard InChI is InChI=1S/C70H105N17O26/c1-6-35(4)58-70(112)113-36(5)59(87-67(109)47(29-57(100)101)85-65(107)44(26-50(73)90)81-63(105)42(24-37-30-74-39-18-14-13-17-38(37)39)78-51(91)20-12-10-8-7-9-11-16-34(2)3)69(111)76-32-52(92)77-40(19-15-23-71)61(103)84-46(28-56(98)99)66(108)82-43(25-49(72)89)64(106)83-45(27-55(96)97)60(102)75-31-53(93)79-48(33-88)68(110)80-41(62(104)86-58)21-22-54(94)95/h13-14,17-18,30,34-36,40-48,58-59,74,88H,6-12,15-16,19-29,31-33,71H2,1-5H3,(H2,72,89)(H2,73,90)(H,75,102)(H,76,111)(H,77,92)(H,78,91)(H,79,93)(H,80,110)(H,81,105)(H,82,108)(H,83,106)(H,84,103)(H,85,107)(H,86,104)(H,87,109)(H,94,95)(H,96,97)(H,98,99)(H,100,101). The second-order valence-electron chi connectivity index (χ2n) is 27.5. The van der Waals surface area contributed by atoms with Crippen LogP contribution in [0.2, 0.25) is 0 Å². The van der Waals surface area contributed by atoms with Gasteiger partial charge in [-0.2, -0.15) is 0 Å². The summed E-state index contributed by atoms with van der Waals surface area (Å²) < 4.78 is 5.70. The van der Waals surface area contributed by atoms with Gasteiger partial charge < -0.3 is 122 Å². The predicted molar refractivity (Wildman–Crippen MR) is 393 cm³/mol. The summed E-state index contributed by atoms with van der Waals surface area (Å²) >= 11 is 0. The Morgan fingerprint density at radius 3 is 1.58 bits per heavy atom. The van der Waals surface area contributed by atoms with Crippen molar-refractivity contribution in [2.75, 3.05) is 26.2 Å². The lowest BCUT2D eigenvalue weighted by Gasteiger charge is -2.30. The lowest BCUT2D eigenvalue weighted by molar-refractivity contribution is -0.157. The van der Waals surface area contributed by atoms with Crippen molar-refractivity contribution in [1.82, 2.24) is 74.1 Å². The number of esters is 1. The van der Waals surface area contributed by atoms with E-state index in [1.807, 2.05) is 21.3 Å². The number of ether oxygens (including phenoxy) is 1. The zero-order valence-electron chi connectivity index (χ0n) is 63.3. The first-order valence-electron chi connectivity index (χ1n) is 36.6. The van der Waals surface area contributed by atoms with E-state index in [1.165, 1.54) is 13.8 Å². The highest BCUT2D eigenvalue weighted by atomic mass is 16.5. The van der Waals surface area contributed by atoms with Gasteiger partial charge in [0.25, 0.3) is 0 Å².